The zero-order valence-electron chi connectivity index (χ0n) is 10.0. The first-order chi connectivity index (χ1) is 6.55. The van der Waals surface area contributed by atoms with Crippen molar-refractivity contribution in [1.82, 2.24) is 0 Å². The van der Waals surface area contributed by atoms with E-state index in [2.05, 4.69) is 47.9 Å². The predicted molar refractivity (Wildman–Crippen MR) is 53.7 cm³/mol. The Bertz CT molecular complexity index is 138. The largest absolute Gasteiger partial charge is 0 e. The molecule has 0 amide bonds. The van der Waals surface area contributed by atoms with E-state index in [0.29, 0.717) is 0 Å². The Kier molecular flexibility index (Phi) is 14.5. The molecule has 1 saturated carbocycles. The molecule has 1 fully saturated rings. The normalized spacial score (nSPS) is 37.3. The zero-order valence-corrected chi connectivity index (χ0v) is 11.7. The van der Waals surface area contributed by atoms with Gasteiger partial charge in [-0.2, -0.15) is 0 Å². The van der Waals surface area contributed by atoms with Gasteiger partial charge in [0.25, 0.3) is 0 Å². The first-order valence-electron chi connectivity index (χ1n) is 4.96. The summed E-state index contributed by atoms with van der Waals surface area (Å²) in [5.74, 6) is 4.68. The maximum absolute atomic E-state index is 7.50. The quantitative estimate of drug-likeness (QED) is 0.375. The van der Waals surface area contributed by atoms with E-state index in [1.54, 1.807) is 0 Å². The molecule has 0 atom stereocenters. The van der Waals surface area contributed by atoms with Crippen molar-refractivity contribution in [2.24, 2.45) is 29.6 Å². The summed E-state index contributed by atoms with van der Waals surface area (Å²) in [7, 11) is 0. The van der Waals surface area contributed by atoms with E-state index in [0.717, 1.165) is 29.6 Å². The minimum Gasteiger partial charge on any atom is 0 e. The standard InChI is InChI=1S/C10H20.2CO.Rh/c1-6-7(2)9(4)10(5)8(6)3;2*1-2;/h6-10H,1-5H3;;;. The SMILES string of the molecule is CC1C(C)C(C)C(C)C1C.[C-]#[O+].[C-]#[O+].[Rh]. The molecule has 1 aliphatic rings. The molecule has 1 rings (SSSR count). The first kappa shape index (κ1) is 20.5. The van der Waals surface area contributed by atoms with E-state index in [4.69, 9.17) is 9.30 Å². The molecular formula is C12H20O2Rh. The van der Waals surface area contributed by atoms with Crippen molar-refractivity contribution in [3.05, 3.63) is 13.3 Å². The third-order valence-corrected chi connectivity index (χ3v) is 4.15. The number of hydrogen-bond acceptors (Lipinski definition) is 0. The molecule has 0 aromatic carbocycles. The summed E-state index contributed by atoms with van der Waals surface area (Å²) >= 11 is 0. The van der Waals surface area contributed by atoms with Crippen LogP contribution in [0.25, 0.3) is 0 Å². The minimum absolute atomic E-state index is 0. The third-order valence-electron chi connectivity index (χ3n) is 4.15. The molecule has 0 spiro atoms. The van der Waals surface area contributed by atoms with Crippen LogP contribution in [0, 0.1) is 42.9 Å². The van der Waals surface area contributed by atoms with Gasteiger partial charge < -0.3 is 0 Å². The van der Waals surface area contributed by atoms with Gasteiger partial charge in [-0.15, -0.1) is 0 Å². The summed E-state index contributed by atoms with van der Waals surface area (Å²) < 4.78 is 15.0. The van der Waals surface area contributed by atoms with Gasteiger partial charge in [0.1, 0.15) is 0 Å². The maximum Gasteiger partial charge on any atom is 0 e. The molecule has 0 unspecified atom stereocenters. The van der Waals surface area contributed by atoms with Gasteiger partial charge in [0.15, 0.2) is 0 Å². The molecule has 1 aliphatic carbocycles. The zero-order chi connectivity index (χ0) is 11.9. The Hall–Kier alpha value is 0.103. The van der Waals surface area contributed by atoms with Gasteiger partial charge in [-0.1, -0.05) is 34.6 Å². The summed E-state index contributed by atoms with van der Waals surface area (Å²) in [5, 5.41) is 0. The van der Waals surface area contributed by atoms with Crippen LogP contribution in [0.5, 0.6) is 0 Å². The summed E-state index contributed by atoms with van der Waals surface area (Å²) in [6.07, 6.45) is 0. The van der Waals surface area contributed by atoms with E-state index in [9.17, 15) is 0 Å². The van der Waals surface area contributed by atoms with Crippen molar-refractivity contribution in [1.29, 1.82) is 0 Å². The Morgan fingerprint density at radius 3 is 0.667 bits per heavy atom. The van der Waals surface area contributed by atoms with Crippen LogP contribution < -0.4 is 0 Å². The van der Waals surface area contributed by atoms with Gasteiger partial charge in [0.05, 0.1) is 0 Å². The van der Waals surface area contributed by atoms with Gasteiger partial charge >= 0.3 is 22.6 Å². The molecule has 1 radical (unpaired) electrons. The van der Waals surface area contributed by atoms with Crippen LogP contribution in [-0.2, 0) is 28.8 Å². The second-order valence-electron chi connectivity index (χ2n) is 4.30. The summed E-state index contributed by atoms with van der Waals surface area (Å²) in [6, 6.07) is 0. The number of rotatable bonds is 0. The van der Waals surface area contributed by atoms with E-state index in [1.807, 2.05) is 0 Å². The Labute approximate surface area is 106 Å². The van der Waals surface area contributed by atoms with Crippen LogP contribution in [0.2, 0.25) is 0 Å². The molecule has 0 heterocycles. The second-order valence-corrected chi connectivity index (χ2v) is 4.30. The van der Waals surface area contributed by atoms with E-state index >= 15 is 0 Å². The van der Waals surface area contributed by atoms with Gasteiger partial charge in [-0.25, -0.2) is 0 Å². The van der Waals surface area contributed by atoms with Gasteiger partial charge in [-0.05, 0) is 29.6 Å². The molecule has 0 bridgehead atoms. The van der Waals surface area contributed by atoms with E-state index < -0.39 is 0 Å². The first-order valence-corrected chi connectivity index (χ1v) is 4.96. The van der Waals surface area contributed by atoms with Crippen molar-refractivity contribution in [3.8, 4) is 0 Å². The van der Waals surface area contributed by atoms with Crippen molar-refractivity contribution in [2.45, 2.75) is 34.6 Å². The van der Waals surface area contributed by atoms with Crippen LogP contribution in [-0.4, -0.2) is 0 Å². The van der Waals surface area contributed by atoms with Gasteiger partial charge in [0, 0.05) is 19.5 Å². The summed E-state index contributed by atoms with van der Waals surface area (Å²) in [6.45, 7) is 21.0. The van der Waals surface area contributed by atoms with E-state index in [-0.39, 0.29) is 19.5 Å². The topological polar surface area (TPSA) is 39.8 Å². The fraction of sp³-hybridized carbons (Fsp3) is 0.833. The Morgan fingerprint density at radius 2 is 0.600 bits per heavy atom. The average molecular weight is 299 g/mol. The summed E-state index contributed by atoms with van der Waals surface area (Å²) in [4.78, 5) is 0. The molecule has 89 valence electrons. The van der Waals surface area contributed by atoms with Crippen LogP contribution in [0.3, 0.4) is 0 Å². The molecular weight excluding hydrogens is 279 g/mol. The average Bonchev–Trinajstić information content (AvgIpc) is 2.42. The van der Waals surface area contributed by atoms with Gasteiger partial charge in [0.2, 0.25) is 0 Å². The van der Waals surface area contributed by atoms with Crippen LogP contribution in [0.15, 0.2) is 0 Å². The van der Waals surface area contributed by atoms with E-state index in [1.165, 1.54) is 0 Å². The van der Waals surface area contributed by atoms with Crippen molar-refractivity contribution in [3.63, 3.8) is 0 Å². The Morgan fingerprint density at radius 1 is 0.533 bits per heavy atom. The van der Waals surface area contributed by atoms with Gasteiger partial charge in [-0.3, -0.25) is 0 Å². The minimum atomic E-state index is 0. The fourth-order valence-electron chi connectivity index (χ4n) is 2.39. The number of hydrogen-bond donors (Lipinski definition) is 0. The molecule has 0 saturated heterocycles. The van der Waals surface area contributed by atoms with Crippen molar-refractivity contribution < 1.29 is 28.8 Å². The van der Waals surface area contributed by atoms with Crippen molar-refractivity contribution >= 4 is 0 Å². The maximum atomic E-state index is 7.50. The monoisotopic (exact) mass is 299 g/mol. The molecule has 0 N–H and O–H groups in total. The molecule has 0 aromatic rings. The van der Waals surface area contributed by atoms with Crippen LogP contribution in [0.4, 0.5) is 0 Å². The molecule has 3 heteroatoms. The molecule has 2 nitrogen and oxygen atoms in total. The van der Waals surface area contributed by atoms with Crippen LogP contribution >= 0.6 is 0 Å². The second kappa shape index (κ2) is 10.6. The smallest absolute Gasteiger partial charge is 0 e. The molecule has 0 aromatic heterocycles. The third kappa shape index (κ3) is 5.11. The summed E-state index contributed by atoms with van der Waals surface area (Å²) in [5.41, 5.74) is 0. The predicted octanol–water partition coefficient (Wildman–Crippen LogP) is 3.10. The molecule has 0 aliphatic heterocycles. The van der Waals surface area contributed by atoms with Crippen LogP contribution in [0.1, 0.15) is 34.6 Å². The fourth-order valence-corrected chi connectivity index (χ4v) is 2.39. The van der Waals surface area contributed by atoms with Crippen molar-refractivity contribution in [2.75, 3.05) is 0 Å². The Balaban J connectivity index is -0.000000258. The molecule has 15 heavy (non-hydrogen) atoms.